The Hall–Kier alpha value is -2.01. The van der Waals surface area contributed by atoms with Crippen molar-refractivity contribution in [2.24, 2.45) is 10.9 Å². The summed E-state index contributed by atoms with van der Waals surface area (Å²) in [6.45, 7) is 2.02. The van der Waals surface area contributed by atoms with E-state index in [4.69, 9.17) is 5.41 Å². The normalized spacial score (nSPS) is 33.3. The molecule has 1 saturated heterocycles. The molecule has 0 amide bonds. The average molecular weight is 298 g/mol. The Morgan fingerprint density at radius 1 is 1.32 bits per heavy atom. The predicted molar refractivity (Wildman–Crippen MR) is 86.0 cm³/mol. The summed E-state index contributed by atoms with van der Waals surface area (Å²) >= 11 is 0. The molecule has 2 aliphatic carbocycles. The van der Waals surface area contributed by atoms with Crippen LogP contribution in [0.4, 0.5) is 4.39 Å². The van der Waals surface area contributed by atoms with E-state index in [-0.39, 0.29) is 11.9 Å². The second kappa shape index (κ2) is 5.32. The summed E-state index contributed by atoms with van der Waals surface area (Å²) in [4.78, 5) is 4.46. The van der Waals surface area contributed by atoms with E-state index in [1.807, 2.05) is 6.21 Å². The van der Waals surface area contributed by atoms with Crippen LogP contribution < -0.4 is 10.6 Å². The van der Waals surface area contributed by atoms with Crippen LogP contribution in [0, 0.1) is 11.3 Å². The molecule has 0 saturated carbocycles. The number of aliphatic imine (C=N–C) groups is 1. The Morgan fingerprint density at radius 3 is 2.91 bits per heavy atom. The van der Waals surface area contributed by atoms with Gasteiger partial charge in [-0.2, -0.15) is 0 Å². The highest BCUT2D eigenvalue weighted by Gasteiger charge is 2.33. The lowest BCUT2D eigenvalue weighted by Crippen LogP contribution is -2.42. The van der Waals surface area contributed by atoms with E-state index in [0.29, 0.717) is 24.1 Å². The molecule has 2 aliphatic heterocycles. The van der Waals surface area contributed by atoms with Crippen LogP contribution in [-0.2, 0) is 0 Å². The van der Waals surface area contributed by atoms with Gasteiger partial charge in [0.2, 0.25) is 0 Å². The molecule has 0 radical (unpaired) electrons. The molecule has 4 rings (SSSR count). The van der Waals surface area contributed by atoms with Crippen molar-refractivity contribution in [1.82, 2.24) is 10.6 Å². The molecule has 2 heterocycles. The van der Waals surface area contributed by atoms with Gasteiger partial charge in [-0.1, -0.05) is 6.08 Å². The maximum atomic E-state index is 13.6. The summed E-state index contributed by atoms with van der Waals surface area (Å²) < 4.78 is 13.6. The first-order chi connectivity index (χ1) is 10.7. The predicted octanol–water partition coefficient (Wildman–Crippen LogP) is 2.03. The summed E-state index contributed by atoms with van der Waals surface area (Å²) in [5.41, 5.74) is 3.35. The fourth-order valence-corrected chi connectivity index (χ4v) is 3.41. The fraction of sp³-hybridized carbons (Fsp3) is 0.412. The lowest BCUT2D eigenvalue weighted by atomic mass is 9.82. The standard InChI is InChI=1S/C17H19FN4/c18-13-4-11(5-14(19)7-13)10-3-12-8-21-17(12)16(6-10)22-15-1-2-20-9-15/h3-4,6-8,12,15,17,19-20,22H,1-2,5,9H2. The molecular weight excluding hydrogens is 279 g/mol. The zero-order chi connectivity index (χ0) is 15.1. The van der Waals surface area contributed by atoms with Crippen molar-refractivity contribution in [1.29, 1.82) is 5.41 Å². The zero-order valence-corrected chi connectivity index (χ0v) is 12.3. The molecule has 0 bridgehead atoms. The van der Waals surface area contributed by atoms with Gasteiger partial charge in [-0.3, -0.25) is 4.99 Å². The number of rotatable bonds is 3. The van der Waals surface area contributed by atoms with E-state index < -0.39 is 0 Å². The van der Waals surface area contributed by atoms with E-state index in [1.54, 1.807) is 6.08 Å². The van der Waals surface area contributed by atoms with Crippen molar-refractivity contribution < 1.29 is 4.39 Å². The second-order valence-corrected chi connectivity index (χ2v) is 6.28. The van der Waals surface area contributed by atoms with Gasteiger partial charge in [0.1, 0.15) is 11.9 Å². The first-order valence-electron chi connectivity index (χ1n) is 7.78. The minimum Gasteiger partial charge on any atom is -0.382 e. The molecule has 1 fully saturated rings. The van der Waals surface area contributed by atoms with Gasteiger partial charge in [-0.15, -0.1) is 0 Å². The van der Waals surface area contributed by atoms with E-state index in [9.17, 15) is 4.39 Å². The van der Waals surface area contributed by atoms with Crippen LogP contribution in [0.5, 0.6) is 0 Å². The summed E-state index contributed by atoms with van der Waals surface area (Å²) in [5, 5.41) is 14.7. The Balaban J connectivity index is 1.61. The van der Waals surface area contributed by atoms with Gasteiger partial charge in [0.15, 0.2) is 0 Å². The monoisotopic (exact) mass is 298 g/mol. The van der Waals surface area contributed by atoms with Gasteiger partial charge >= 0.3 is 0 Å². The summed E-state index contributed by atoms with van der Waals surface area (Å²) in [6.07, 6.45) is 10.6. The van der Waals surface area contributed by atoms with Crippen LogP contribution in [0.25, 0.3) is 0 Å². The van der Waals surface area contributed by atoms with Gasteiger partial charge in [-0.05, 0) is 42.3 Å². The average Bonchev–Trinajstić information content (AvgIpc) is 2.92. The molecule has 3 unspecified atom stereocenters. The molecule has 22 heavy (non-hydrogen) atoms. The van der Waals surface area contributed by atoms with Crippen molar-refractivity contribution in [2.75, 3.05) is 13.1 Å². The SMILES string of the molecule is N=C1C=C(F)C=C(C2=CC3C=NC3C(NC3CCNC3)=C2)C1. The lowest BCUT2D eigenvalue weighted by molar-refractivity contribution is 0.524. The summed E-state index contributed by atoms with van der Waals surface area (Å²) in [6, 6.07) is 0.630. The Morgan fingerprint density at radius 2 is 2.23 bits per heavy atom. The van der Waals surface area contributed by atoms with Crippen LogP contribution in [0.3, 0.4) is 0 Å². The molecule has 4 aliphatic rings. The Labute approximate surface area is 129 Å². The molecule has 3 N–H and O–H groups in total. The third-order valence-corrected chi connectivity index (χ3v) is 4.59. The van der Waals surface area contributed by atoms with Crippen molar-refractivity contribution in [3.63, 3.8) is 0 Å². The van der Waals surface area contributed by atoms with Crippen LogP contribution in [0.15, 0.2) is 52.0 Å². The van der Waals surface area contributed by atoms with E-state index in [1.165, 1.54) is 6.08 Å². The molecule has 0 spiro atoms. The highest BCUT2D eigenvalue weighted by Crippen LogP contribution is 2.34. The smallest absolute Gasteiger partial charge is 0.125 e. The minimum atomic E-state index is -0.334. The number of hydrogen-bond donors (Lipinski definition) is 3. The van der Waals surface area contributed by atoms with Crippen LogP contribution in [-0.4, -0.2) is 37.1 Å². The number of hydrogen-bond acceptors (Lipinski definition) is 4. The Kier molecular flexibility index (Phi) is 3.30. The highest BCUT2D eigenvalue weighted by atomic mass is 19.1. The minimum absolute atomic E-state index is 0.188. The van der Waals surface area contributed by atoms with Crippen molar-refractivity contribution >= 4 is 11.9 Å². The lowest BCUT2D eigenvalue weighted by Gasteiger charge is -2.35. The highest BCUT2D eigenvalue weighted by molar-refractivity contribution is 5.97. The first-order valence-corrected chi connectivity index (χ1v) is 7.78. The number of fused-ring (bicyclic) bond motifs is 1. The first kappa shape index (κ1) is 13.6. The molecule has 0 aromatic carbocycles. The molecule has 3 atom stereocenters. The van der Waals surface area contributed by atoms with E-state index >= 15 is 0 Å². The number of halogens is 1. The van der Waals surface area contributed by atoms with Crippen molar-refractivity contribution in [2.45, 2.75) is 24.9 Å². The molecule has 114 valence electrons. The quantitative estimate of drug-likeness (QED) is 0.746. The van der Waals surface area contributed by atoms with Crippen molar-refractivity contribution in [3.8, 4) is 0 Å². The van der Waals surface area contributed by atoms with Crippen LogP contribution >= 0.6 is 0 Å². The summed E-state index contributed by atoms with van der Waals surface area (Å²) in [5.74, 6) is -0.0413. The van der Waals surface area contributed by atoms with Crippen LogP contribution in [0.2, 0.25) is 0 Å². The third-order valence-electron chi connectivity index (χ3n) is 4.59. The van der Waals surface area contributed by atoms with Crippen LogP contribution in [0.1, 0.15) is 12.8 Å². The number of nitrogens with one attached hydrogen (secondary N) is 3. The number of allylic oxidation sites excluding steroid dienone is 6. The maximum Gasteiger partial charge on any atom is 0.125 e. The third kappa shape index (κ3) is 2.46. The van der Waals surface area contributed by atoms with Gasteiger partial charge in [0.25, 0.3) is 0 Å². The fourth-order valence-electron chi connectivity index (χ4n) is 3.41. The zero-order valence-electron chi connectivity index (χ0n) is 12.3. The summed E-state index contributed by atoms with van der Waals surface area (Å²) in [7, 11) is 0. The van der Waals surface area contributed by atoms with E-state index in [2.05, 4.69) is 27.8 Å². The number of nitrogens with zero attached hydrogens (tertiary/aromatic N) is 1. The molecule has 5 heteroatoms. The molecule has 0 aromatic rings. The van der Waals surface area contributed by atoms with Gasteiger partial charge < -0.3 is 16.0 Å². The second-order valence-electron chi connectivity index (χ2n) is 6.28. The van der Waals surface area contributed by atoms with E-state index in [0.717, 1.165) is 36.4 Å². The van der Waals surface area contributed by atoms with Gasteiger partial charge in [0.05, 0.1) is 0 Å². The van der Waals surface area contributed by atoms with Gasteiger partial charge in [-0.25, -0.2) is 4.39 Å². The van der Waals surface area contributed by atoms with Crippen molar-refractivity contribution in [3.05, 3.63) is 47.0 Å². The van der Waals surface area contributed by atoms with Gasteiger partial charge in [0, 0.05) is 42.5 Å². The molecular formula is C17H19FN4. The maximum absolute atomic E-state index is 13.6. The topological polar surface area (TPSA) is 60.3 Å². The largest absolute Gasteiger partial charge is 0.382 e. The Bertz CT molecular complexity index is 662. The molecule has 0 aromatic heterocycles. The molecule has 4 nitrogen and oxygen atoms in total.